The van der Waals surface area contributed by atoms with Gasteiger partial charge in [0, 0.05) is 50.4 Å². The molecule has 2 aliphatic rings. The Balaban J connectivity index is 1.38. The van der Waals surface area contributed by atoms with Crippen LogP contribution in [0.4, 0.5) is 4.79 Å². The van der Waals surface area contributed by atoms with E-state index in [4.69, 9.17) is 4.74 Å². The van der Waals surface area contributed by atoms with Crippen LogP contribution in [-0.4, -0.2) is 51.7 Å². The lowest BCUT2D eigenvalue weighted by Crippen LogP contribution is -2.63. The van der Waals surface area contributed by atoms with Crippen LogP contribution in [0.2, 0.25) is 0 Å². The molecule has 1 spiro atoms. The van der Waals surface area contributed by atoms with Gasteiger partial charge in [-0.15, -0.1) is 11.3 Å². The molecular formula is C21H28N4O3S. The topological polar surface area (TPSA) is 66.8 Å². The van der Waals surface area contributed by atoms with E-state index in [-0.39, 0.29) is 11.4 Å². The van der Waals surface area contributed by atoms with E-state index in [0.717, 1.165) is 19.6 Å². The number of rotatable bonds is 3. The predicted octanol–water partition coefficient (Wildman–Crippen LogP) is 3.44. The maximum atomic E-state index is 12.7. The normalized spacial score (nSPS) is 19.8. The Morgan fingerprint density at radius 3 is 2.66 bits per heavy atom. The highest BCUT2D eigenvalue weighted by Gasteiger charge is 2.45. The van der Waals surface area contributed by atoms with E-state index >= 15 is 0 Å². The molecule has 2 aromatic rings. The molecule has 0 atom stereocenters. The van der Waals surface area contributed by atoms with Gasteiger partial charge in [0.25, 0.3) is 5.91 Å². The Kier molecular flexibility index (Phi) is 5.16. The monoisotopic (exact) mass is 416 g/mol. The number of hydrazine groups is 1. The number of amides is 2. The molecule has 0 bridgehead atoms. The van der Waals surface area contributed by atoms with Gasteiger partial charge in [0.1, 0.15) is 5.60 Å². The molecule has 4 rings (SSSR count). The lowest BCUT2D eigenvalue weighted by Gasteiger charge is -2.46. The minimum atomic E-state index is -0.608. The van der Waals surface area contributed by atoms with Crippen LogP contribution in [0.3, 0.4) is 0 Å². The molecule has 0 radical (unpaired) electrons. The summed E-state index contributed by atoms with van der Waals surface area (Å²) in [7, 11) is 0. The SMILES string of the molecule is CC(C)(C)n1ccc(CN2CCC3(CC2)CN(C(=O)c2cccs2)NC(=O)O3)c1. The van der Waals surface area contributed by atoms with Gasteiger partial charge < -0.3 is 9.30 Å². The Morgan fingerprint density at radius 2 is 2.03 bits per heavy atom. The molecule has 29 heavy (non-hydrogen) atoms. The summed E-state index contributed by atoms with van der Waals surface area (Å²) in [4.78, 5) is 27.8. The molecule has 2 saturated heterocycles. The van der Waals surface area contributed by atoms with Crippen LogP contribution in [-0.2, 0) is 16.8 Å². The van der Waals surface area contributed by atoms with Gasteiger partial charge in [0.05, 0.1) is 11.4 Å². The fraction of sp³-hybridized carbons (Fsp3) is 0.524. The summed E-state index contributed by atoms with van der Waals surface area (Å²) in [5.41, 5.74) is 3.31. The van der Waals surface area contributed by atoms with Crippen LogP contribution < -0.4 is 5.43 Å². The first-order valence-corrected chi connectivity index (χ1v) is 10.9. The van der Waals surface area contributed by atoms with Gasteiger partial charge >= 0.3 is 6.09 Å². The van der Waals surface area contributed by atoms with E-state index in [1.165, 1.54) is 21.9 Å². The van der Waals surface area contributed by atoms with Crippen LogP contribution >= 0.6 is 11.3 Å². The maximum absolute atomic E-state index is 12.7. The number of hydrogen-bond acceptors (Lipinski definition) is 5. The van der Waals surface area contributed by atoms with E-state index in [1.807, 2.05) is 11.4 Å². The Bertz CT molecular complexity index is 876. The molecule has 2 aromatic heterocycles. The van der Waals surface area contributed by atoms with E-state index in [2.05, 4.69) is 54.1 Å². The van der Waals surface area contributed by atoms with Gasteiger partial charge in [-0.25, -0.2) is 15.2 Å². The van der Waals surface area contributed by atoms with Crippen LogP contribution in [0.1, 0.15) is 48.8 Å². The van der Waals surface area contributed by atoms with Crippen molar-refractivity contribution in [3.8, 4) is 0 Å². The molecule has 0 unspecified atom stereocenters. The van der Waals surface area contributed by atoms with Crippen molar-refractivity contribution < 1.29 is 14.3 Å². The molecule has 156 valence electrons. The number of thiophene rings is 1. The third-order valence-electron chi connectivity index (χ3n) is 5.66. The summed E-state index contributed by atoms with van der Waals surface area (Å²) in [6.45, 7) is 9.49. The Hall–Kier alpha value is -2.32. The number of piperidine rings is 1. The highest BCUT2D eigenvalue weighted by molar-refractivity contribution is 7.12. The summed E-state index contributed by atoms with van der Waals surface area (Å²) in [6.07, 6.45) is 5.22. The van der Waals surface area contributed by atoms with Crippen molar-refractivity contribution in [2.24, 2.45) is 0 Å². The standard InChI is InChI=1S/C21H28N4O3S/c1-20(2,3)24-9-6-16(14-24)13-23-10-7-21(8-11-23)15-25(22-19(27)28-21)18(26)17-5-4-12-29-17/h4-6,9,12,14H,7-8,10-11,13,15H2,1-3H3,(H,22,27). The highest BCUT2D eigenvalue weighted by Crippen LogP contribution is 2.31. The van der Waals surface area contributed by atoms with Crippen LogP contribution in [0.15, 0.2) is 36.0 Å². The van der Waals surface area contributed by atoms with Crippen LogP contribution in [0.25, 0.3) is 0 Å². The number of likely N-dealkylation sites (tertiary alicyclic amines) is 1. The van der Waals surface area contributed by atoms with Crippen molar-refractivity contribution in [1.29, 1.82) is 0 Å². The number of ether oxygens (including phenoxy) is 1. The van der Waals surface area contributed by atoms with Crippen molar-refractivity contribution in [3.05, 3.63) is 46.4 Å². The first-order valence-electron chi connectivity index (χ1n) is 9.99. The largest absolute Gasteiger partial charge is 0.440 e. The average molecular weight is 417 g/mol. The number of nitrogens with zero attached hydrogens (tertiary/aromatic N) is 3. The van der Waals surface area contributed by atoms with E-state index in [9.17, 15) is 9.59 Å². The van der Waals surface area contributed by atoms with E-state index in [0.29, 0.717) is 24.3 Å². The molecule has 0 saturated carbocycles. The third kappa shape index (κ3) is 4.33. The molecule has 7 nitrogen and oxygen atoms in total. The molecule has 0 aromatic carbocycles. The zero-order chi connectivity index (χ0) is 20.6. The van der Waals surface area contributed by atoms with Gasteiger partial charge in [-0.05, 0) is 43.8 Å². The molecule has 0 aliphatic carbocycles. The van der Waals surface area contributed by atoms with E-state index in [1.54, 1.807) is 6.07 Å². The maximum Gasteiger partial charge on any atom is 0.426 e. The highest BCUT2D eigenvalue weighted by atomic mass is 32.1. The minimum absolute atomic E-state index is 0.0755. The summed E-state index contributed by atoms with van der Waals surface area (Å²) >= 11 is 1.37. The van der Waals surface area contributed by atoms with Crippen LogP contribution in [0, 0.1) is 0 Å². The van der Waals surface area contributed by atoms with Crippen LogP contribution in [0.5, 0.6) is 0 Å². The molecule has 8 heteroatoms. The van der Waals surface area contributed by atoms with Gasteiger partial charge in [-0.3, -0.25) is 9.69 Å². The van der Waals surface area contributed by atoms with Crippen molar-refractivity contribution in [1.82, 2.24) is 19.9 Å². The Labute approximate surface area is 175 Å². The lowest BCUT2D eigenvalue weighted by atomic mass is 9.90. The second kappa shape index (κ2) is 7.50. The smallest absolute Gasteiger partial charge is 0.426 e. The van der Waals surface area contributed by atoms with Crippen molar-refractivity contribution in [2.45, 2.75) is 51.3 Å². The molecule has 2 amide bonds. The van der Waals surface area contributed by atoms with Gasteiger partial charge in [0.2, 0.25) is 0 Å². The number of carbonyl (C=O) groups excluding carboxylic acids is 2. The quantitative estimate of drug-likeness (QED) is 0.832. The Morgan fingerprint density at radius 1 is 1.28 bits per heavy atom. The molecule has 2 aliphatic heterocycles. The van der Waals surface area contributed by atoms with Crippen molar-refractivity contribution in [3.63, 3.8) is 0 Å². The lowest BCUT2D eigenvalue weighted by molar-refractivity contribution is -0.0887. The first-order chi connectivity index (χ1) is 13.7. The summed E-state index contributed by atoms with van der Waals surface area (Å²) in [5, 5.41) is 3.27. The summed E-state index contributed by atoms with van der Waals surface area (Å²) in [6, 6.07) is 5.77. The molecule has 2 fully saturated rings. The fourth-order valence-corrected chi connectivity index (χ4v) is 4.61. The van der Waals surface area contributed by atoms with E-state index < -0.39 is 11.7 Å². The van der Waals surface area contributed by atoms with Crippen molar-refractivity contribution in [2.75, 3.05) is 19.6 Å². The minimum Gasteiger partial charge on any atom is -0.440 e. The fourth-order valence-electron chi connectivity index (χ4n) is 3.93. The molecule has 1 N–H and O–H groups in total. The second-order valence-corrected chi connectivity index (χ2v) is 9.87. The number of hydrogen-bond donors (Lipinski definition) is 1. The second-order valence-electron chi connectivity index (χ2n) is 8.93. The first kappa shape index (κ1) is 20.0. The number of aromatic nitrogens is 1. The zero-order valence-electron chi connectivity index (χ0n) is 17.2. The summed E-state index contributed by atoms with van der Waals surface area (Å²) in [5.74, 6) is -0.179. The summed E-state index contributed by atoms with van der Waals surface area (Å²) < 4.78 is 7.92. The van der Waals surface area contributed by atoms with Gasteiger partial charge in [0.15, 0.2) is 0 Å². The number of nitrogens with one attached hydrogen (secondary N) is 1. The van der Waals surface area contributed by atoms with Crippen molar-refractivity contribution >= 4 is 23.3 Å². The predicted molar refractivity (Wildman–Crippen MR) is 112 cm³/mol. The van der Waals surface area contributed by atoms with Gasteiger partial charge in [-0.1, -0.05) is 6.07 Å². The molecule has 4 heterocycles. The molecular weight excluding hydrogens is 388 g/mol. The zero-order valence-corrected chi connectivity index (χ0v) is 18.0. The van der Waals surface area contributed by atoms with Gasteiger partial charge in [-0.2, -0.15) is 0 Å². The average Bonchev–Trinajstić information content (AvgIpc) is 3.34. The third-order valence-corrected chi connectivity index (χ3v) is 6.52. The number of carbonyl (C=O) groups is 2.